The van der Waals surface area contributed by atoms with Crippen LogP contribution in [-0.4, -0.2) is 16.4 Å². The highest BCUT2D eigenvalue weighted by atomic mass is 32.2. The van der Waals surface area contributed by atoms with Gasteiger partial charge in [-0.1, -0.05) is 23.9 Å². The Hall–Kier alpha value is -1.16. The molecule has 4 heteroatoms. The van der Waals surface area contributed by atoms with Gasteiger partial charge in [-0.05, 0) is 39.8 Å². The van der Waals surface area contributed by atoms with Gasteiger partial charge < -0.3 is 10.1 Å². The zero-order chi connectivity index (χ0) is 13.4. The lowest BCUT2D eigenvalue weighted by Gasteiger charge is -2.26. The van der Waals surface area contributed by atoms with Crippen LogP contribution in [0.15, 0.2) is 29.2 Å². The largest absolute Gasteiger partial charge is 0.460 e. The molecule has 1 aliphatic heterocycles. The Morgan fingerprint density at radius 2 is 2.06 bits per heavy atom. The smallest absolute Gasteiger partial charge is 0.309 e. The van der Waals surface area contributed by atoms with Crippen molar-refractivity contribution in [2.75, 3.05) is 5.32 Å². The number of rotatable bonds is 2. The average molecular weight is 265 g/mol. The summed E-state index contributed by atoms with van der Waals surface area (Å²) in [5, 5.41) is 3.39. The van der Waals surface area contributed by atoms with Gasteiger partial charge in [-0.2, -0.15) is 0 Å². The minimum atomic E-state index is -0.427. The first-order valence-electron chi connectivity index (χ1n) is 6.06. The van der Waals surface area contributed by atoms with Crippen molar-refractivity contribution in [1.29, 1.82) is 0 Å². The molecule has 1 heterocycles. The molecule has 0 aromatic heterocycles. The Labute approximate surface area is 112 Å². The molecule has 18 heavy (non-hydrogen) atoms. The average Bonchev–Trinajstić information content (AvgIpc) is 2.49. The number of benzene rings is 1. The van der Waals surface area contributed by atoms with Gasteiger partial charge in [0.05, 0.1) is 11.3 Å². The fourth-order valence-electron chi connectivity index (χ4n) is 1.95. The van der Waals surface area contributed by atoms with Gasteiger partial charge >= 0.3 is 5.97 Å². The van der Waals surface area contributed by atoms with E-state index in [1.807, 2.05) is 45.9 Å². The van der Waals surface area contributed by atoms with E-state index in [9.17, 15) is 4.79 Å². The Morgan fingerprint density at radius 3 is 2.67 bits per heavy atom. The fraction of sp³-hybridized carbons (Fsp3) is 0.500. The maximum Gasteiger partial charge on any atom is 0.309 e. The van der Waals surface area contributed by atoms with Crippen LogP contribution in [0, 0.1) is 0 Å². The Morgan fingerprint density at radius 1 is 1.39 bits per heavy atom. The summed E-state index contributed by atoms with van der Waals surface area (Å²) in [5.41, 5.74) is 0.664. The summed E-state index contributed by atoms with van der Waals surface area (Å²) < 4.78 is 5.37. The van der Waals surface area contributed by atoms with Crippen molar-refractivity contribution >= 4 is 23.4 Å². The molecule has 0 radical (unpaired) electrons. The van der Waals surface area contributed by atoms with Crippen LogP contribution >= 0.6 is 11.8 Å². The molecule has 0 saturated carbocycles. The molecule has 98 valence electrons. The van der Waals surface area contributed by atoms with Crippen LogP contribution in [0.2, 0.25) is 0 Å². The predicted octanol–water partition coefficient (Wildman–Crippen LogP) is 3.65. The van der Waals surface area contributed by atoms with Gasteiger partial charge in [0.2, 0.25) is 0 Å². The summed E-state index contributed by atoms with van der Waals surface area (Å²) in [4.78, 5) is 12.8. The van der Waals surface area contributed by atoms with Crippen LogP contribution < -0.4 is 5.32 Å². The minimum Gasteiger partial charge on any atom is -0.460 e. The van der Waals surface area contributed by atoms with Crippen molar-refractivity contribution < 1.29 is 9.53 Å². The van der Waals surface area contributed by atoms with E-state index in [-0.39, 0.29) is 10.8 Å². The summed E-state index contributed by atoms with van der Waals surface area (Å²) in [5.74, 6) is -0.169. The summed E-state index contributed by atoms with van der Waals surface area (Å²) >= 11 is 1.68. The molecule has 1 aromatic carbocycles. The molecule has 2 rings (SSSR count). The molecule has 0 spiro atoms. The van der Waals surface area contributed by atoms with Gasteiger partial charge in [0.25, 0.3) is 0 Å². The molecular formula is C14H19NO2S. The number of carbonyl (C=O) groups is 1. The molecular weight excluding hydrogens is 246 g/mol. The van der Waals surface area contributed by atoms with E-state index in [1.54, 1.807) is 11.8 Å². The zero-order valence-corrected chi connectivity index (χ0v) is 12.1. The molecule has 0 amide bonds. The van der Waals surface area contributed by atoms with Crippen LogP contribution in [0.25, 0.3) is 0 Å². The van der Waals surface area contributed by atoms with Crippen LogP contribution in [0.1, 0.15) is 34.1 Å². The monoisotopic (exact) mass is 265 g/mol. The quantitative estimate of drug-likeness (QED) is 0.828. The van der Waals surface area contributed by atoms with Crippen LogP contribution in [0.3, 0.4) is 0 Å². The maximum atomic E-state index is 11.9. The van der Waals surface area contributed by atoms with E-state index in [0.29, 0.717) is 6.42 Å². The maximum absolute atomic E-state index is 11.9. The van der Waals surface area contributed by atoms with E-state index >= 15 is 0 Å². The number of fused-ring (bicyclic) bond motifs is 1. The molecule has 0 fully saturated rings. The lowest BCUT2D eigenvalue weighted by atomic mass is 10.1. The van der Waals surface area contributed by atoms with Gasteiger partial charge in [0.1, 0.15) is 5.60 Å². The van der Waals surface area contributed by atoms with Gasteiger partial charge in [-0.15, -0.1) is 0 Å². The molecule has 0 aliphatic carbocycles. The van der Waals surface area contributed by atoms with Crippen molar-refractivity contribution in [2.45, 2.75) is 49.5 Å². The third kappa shape index (κ3) is 3.19. The minimum absolute atomic E-state index is 0.169. The Bertz CT molecular complexity index is 440. The number of carbonyl (C=O) groups excluding carboxylic acids is 1. The fourth-order valence-corrected chi connectivity index (χ4v) is 3.16. The molecule has 1 atom stereocenters. The summed E-state index contributed by atoms with van der Waals surface area (Å²) in [6.45, 7) is 7.69. The highest BCUT2D eigenvalue weighted by Gasteiger charge is 2.36. The van der Waals surface area contributed by atoms with Crippen LogP contribution in [0.5, 0.6) is 0 Å². The van der Waals surface area contributed by atoms with E-state index < -0.39 is 5.60 Å². The number of hydrogen-bond donors (Lipinski definition) is 1. The van der Waals surface area contributed by atoms with E-state index in [2.05, 4.69) is 11.4 Å². The highest BCUT2D eigenvalue weighted by molar-refractivity contribution is 8.01. The molecule has 0 bridgehead atoms. The van der Waals surface area contributed by atoms with Crippen molar-refractivity contribution in [3.05, 3.63) is 24.3 Å². The van der Waals surface area contributed by atoms with Gasteiger partial charge in [0.15, 0.2) is 0 Å². The second-order valence-electron chi connectivity index (χ2n) is 5.72. The number of esters is 1. The number of anilines is 1. The SMILES string of the molecule is CC(C)(C)OC(=O)CC1(C)Nc2ccccc2S1. The van der Waals surface area contributed by atoms with Gasteiger partial charge in [0, 0.05) is 10.6 Å². The van der Waals surface area contributed by atoms with E-state index in [1.165, 1.54) is 4.90 Å². The summed E-state index contributed by atoms with van der Waals surface area (Å²) in [7, 11) is 0. The topological polar surface area (TPSA) is 38.3 Å². The van der Waals surface area contributed by atoms with Gasteiger partial charge in [-0.25, -0.2) is 0 Å². The van der Waals surface area contributed by atoms with E-state index in [0.717, 1.165) is 5.69 Å². The number of thioether (sulfide) groups is 1. The first kappa shape index (κ1) is 13.3. The molecule has 3 nitrogen and oxygen atoms in total. The molecule has 1 aromatic rings. The highest BCUT2D eigenvalue weighted by Crippen LogP contribution is 2.46. The lowest BCUT2D eigenvalue weighted by molar-refractivity contribution is -0.155. The number of nitrogens with one attached hydrogen (secondary N) is 1. The first-order valence-corrected chi connectivity index (χ1v) is 6.87. The lowest BCUT2D eigenvalue weighted by Crippen LogP contribution is -2.34. The van der Waals surface area contributed by atoms with Gasteiger partial charge in [-0.3, -0.25) is 4.79 Å². The summed E-state index contributed by atoms with van der Waals surface area (Å²) in [6.07, 6.45) is 0.351. The van der Waals surface area contributed by atoms with Crippen molar-refractivity contribution in [3.63, 3.8) is 0 Å². The van der Waals surface area contributed by atoms with Crippen molar-refractivity contribution in [3.8, 4) is 0 Å². The standard InChI is InChI=1S/C14H19NO2S/c1-13(2,3)17-12(16)9-14(4)15-10-7-5-6-8-11(10)18-14/h5-8,15H,9H2,1-4H3. The van der Waals surface area contributed by atoms with Crippen molar-refractivity contribution in [2.24, 2.45) is 0 Å². The molecule has 1 unspecified atom stereocenters. The molecule has 0 saturated heterocycles. The summed E-state index contributed by atoms with van der Waals surface area (Å²) in [6, 6.07) is 8.09. The van der Waals surface area contributed by atoms with Crippen LogP contribution in [0.4, 0.5) is 5.69 Å². The normalized spacial score (nSPS) is 22.2. The van der Waals surface area contributed by atoms with Crippen molar-refractivity contribution in [1.82, 2.24) is 0 Å². The second kappa shape index (κ2) is 4.50. The second-order valence-corrected chi connectivity index (χ2v) is 7.26. The van der Waals surface area contributed by atoms with Crippen LogP contribution in [-0.2, 0) is 9.53 Å². The predicted molar refractivity (Wildman–Crippen MR) is 74.8 cm³/mol. The first-order chi connectivity index (χ1) is 8.27. The molecule has 1 aliphatic rings. The van der Waals surface area contributed by atoms with E-state index in [4.69, 9.17) is 4.74 Å². The number of ether oxygens (including phenoxy) is 1. The number of para-hydroxylation sites is 1. The Balaban J connectivity index is 2.02. The Kier molecular flexibility index (Phi) is 3.32. The zero-order valence-electron chi connectivity index (χ0n) is 11.2. The third-order valence-corrected chi connectivity index (χ3v) is 3.80. The third-order valence-electron chi connectivity index (χ3n) is 2.52. The molecule has 1 N–H and O–H groups in total. The number of hydrogen-bond acceptors (Lipinski definition) is 4.